The molecule has 0 saturated carbocycles. The van der Waals surface area contributed by atoms with Gasteiger partial charge in [0, 0.05) is 0 Å². The Labute approximate surface area is 101 Å². The Hall–Kier alpha value is -1.40. The van der Waals surface area contributed by atoms with Gasteiger partial charge in [0.05, 0.1) is 0 Å². The molecule has 0 aromatic heterocycles. The van der Waals surface area contributed by atoms with Crippen molar-refractivity contribution in [3.63, 3.8) is 0 Å². The maximum atomic E-state index is 12.3. The van der Waals surface area contributed by atoms with Crippen molar-refractivity contribution < 1.29 is 23.4 Å². The quantitative estimate of drug-likeness (QED) is 0.647. The molecule has 0 fully saturated rings. The van der Waals surface area contributed by atoms with E-state index in [0.29, 0.717) is 5.56 Å². The van der Waals surface area contributed by atoms with Gasteiger partial charge in [-0.05, 0) is 17.2 Å². The number of aliphatic hydroxyl groups is 1. The fourth-order valence-corrected chi connectivity index (χ4v) is 1.01. The first-order valence-corrected chi connectivity index (χ1v) is 4.99. The Morgan fingerprint density at radius 1 is 1.47 bits per heavy atom. The minimum atomic E-state index is -3.94. The van der Waals surface area contributed by atoms with Crippen LogP contribution in [0.1, 0.15) is 5.56 Å². The number of carbonyl (C=O) groups excluding carboxylic acids is 1. The lowest BCUT2D eigenvalue weighted by atomic mass is 10.2. The molecule has 1 aromatic rings. The first-order chi connectivity index (χ1) is 7.89. The molecule has 0 heterocycles. The van der Waals surface area contributed by atoms with Crippen molar-refractivity contribution in [2.75, 3.05) is 0 Å². The molecule has 2 N–H and O–H groups in total. The summed E-state index contributed by atoms with van der Waals surface area (Å²) in [6.07, 6.45) is -3.67. The Bertz CT molecular complexity index is 370. The molecule has 0 spiro atoms. The van der Waals surface area contributed by atoms with E-state index in [1.807, 2.05) is 0 Å². The molecule has 1 amide bonds. The Balaban J connectivity index is 2.36. The molecule has 1 atom stereocenters. The van der Waals surface area contributed by atoms with E-state index in [2.05, 4.69) is 16.3 Å². The van der Waals surface area contributed by atoms with E-state index in [-0.39, 0.29) is 6.61 Å². The van der Waals surface area contributed by atoms with Crippen LogP contribution in [0.3, 0.4) is 0 Å². The van der Waals surface area contributed by atoms with Gasteiger partial charge in [-0.15, -0.1) is 0 Å². The van der Waals surface area contributed by atoms with Crippen LogP contribution in [0, 0.1) is 0 Å². The number of carbonyl (C=O) groups is 1. The third-order valence-corrected chi connectivity index (χ3v) is 1.98. The van der Waals surface area contributed by atoms with E-state index in [9.17, 15) is 13.6 Å². The molecule has 0 saturated heterocycles. The summed E-state index contributed by atoms with van der Waals surface area (Å²) < 4.78 is 29.2. The summed E-state index contributed by atoms with van der Waals surface area (Å²) >= 11 is 4.49. The average molecular weight is 266 g/mol. The Morgan fingerprint density at radius 3 is 2.59 bits per heavy atom. The highest BCUT2D eigenvalue weighted by atomic mass is 35.5. The summed E-state index contributed by atoms with van der Waals surface area (Å²) in [6.45, 7) is -0.0900. The first-order valence-electron chi connectivity index (χ1n) is 4.61. The topological polar surface area (TPSA) is 58.6 Å². The van der Waals surface area contributed by atoms with Crippen LogP contribution in [0.15, 0.2) is 30.3 Å². The monoisotopic (exact) mass is 265 g/mol. The summed E-state index contributed by atoms with van der Waals surface area (Å²) in [5, 5.41) is 6.32. The minimum absolute atomic E-state index is 0.0900. The van der Waals surface area contributed by atoms with Gasteiger partial charge in [0.25, 0.3) is 0 Å². The third-order valence-electron chi connectivity index (χ3n) is 1.78. The molecule has 1 aromatic carbocycles. The lowest BCUT2D eigenvalue weighted by molar-refractivity contribution is -0.0566. The van der Waals surface area contributed by atoms with Crippen LogP contribution in [0.4, 0.5) is 13.6 Å². The predicted octanol–water partition coefficient (Wildman–Crippen LogP) is 2.06. The fraction of sp³-hybridized carbons (Fsp3) is 0.300. The van der Waals surface area contributed by atoms with Crippen LogP contribution in [0.25, 0.3) is 0 Å². The molecule has 17 heavy (non-hydrogen) atoms. The van der Waals surface area contributed by atoms with Gasteiger partial charge in [-0.1, -0.05) is 30.3 Å². The second kappa shape index (κ2) is 5.79. The van der Waals surface area contributed by atoms with E-state index in [1.165, 1.54) is 5.32 Å². The zero-order chi connectivity index (χ0) is 12.9. The van der Waals surface area contributed by atoms with Gasteiger partial charge in [-0.2, -0.15) is 8.78 Å². The summed E-state index contributed by atoms with van der Waals surface area (Å²) in [5.41, 5.74) is 0.690. The molecule has 1 rings (SSSR count). The predicted molar refractivity (Wildman–Crippen MR) is 56.6 cm³/mol. The van der Waals surface area contributed by atoms with Crippen LogP contribution in [0.2, 0.25) is 0 Å². The van der Waals surface area contributed by atoms with Crippen LogP contribution in [-0.4, -0.2) is 22.8 Å². The maximum Gasteiger partial charge on any atom is 0.409 e. The molecule has 0 aliphatic rings. The number of hydrogen-bond acceptors (Lipinski definition) is 3. The first kappa shape index (κ1) is 13.7. The van der Waals surface area contributed by atoms with Crippen molar-refractivity contribution in [3.8, 4) is 0 Å². The number of alkyl carbamates (subject to hydrolysis) is 1. The number of ether oxygens (including phenoxy) is 1. The van der Waals surface area contributed by atoms with Gasteiger partial charge in [-0.3, -0.25) is 5.32 Å². The standard InChI is InChI=1S/C10H10ClF2NO3/c11-10(12,13)8(15)14-9(16)17-6-7-4-2-1-3-5-7/h1-5,8,15H,6H2,(H,14,16). The van der Waals surface area contributed by atoms with E-state index in [0.717, 1.165) is 0 Å². The van der Waals surface area contributed by atoms with Crippen LogP contribution >= 0.6 is 11.6 Å². The molecule has 94 valence electrons. The summed E-state index contributed by atoms with van der Waals surface area (Å²) in [5.74, 6) is 0. The molecule has 0 aliphatic heterocycles. The van der Waals surface area contributed by atoms with E-state index in [4.69, 9.17) is 5.11 Å². The van der Waals surface area contributed by atoms with E-state index < -0.39 is 17.7 Å². The number of alkyl halides is 3. The molecular weight excluding hydrogens is 256 g/mol. The summed E-state index contributed by atoms with van der Waals surface area (Å²) in [6, 6.07) is 8.64. The van der Waals surface area contributed by atoms with Gasteiger partial charge in [0.15, 0.2) is 0 Å². The van der Waals surface area contributed by atoms with Crippen LogP contribution < -0.4 is 5.32 Å². The second-order valence-corrected chi connectivity index (χ2v) is 3.65. The van der Waals surface area contributed by atoms with Crippen molar-refractivity contribution in [1.29, 1.82) is 0 Å². The molecule has 0 aliphatic carbocycles. The number of nitrogens with one attached hydrogen (secondary N) is 1. The summed E-state index contributed by atoms with van der Waals surface area (Å²) in [7, 11) is 0. The largest absolute Gasteiger partial charge is 0.445 e. The third kappa shape index (κ3) is 4.97. The van der Waals surface area contributed by atoms with Crippen molar-refractivity contribution in [2.45, 2.75) is 18.2 Å². The zero-order valence-corrected chi connectivity index (χ0v) is 9.32. The number of rotatable bonds is 4. The fourth-order valence-electron chi connectivity index (χ4n) is 0.958. The van der Waals surface area contributed by atoms with E-state index >= 15 is 0 Å². The van der Waals surface area contributed by atoms with Crippen molar-refractivity contribution >= 4 is 17.7 Å². The second-order valence-electron chi connectivity index (χ2n) is 3.15. The lowest BCUT2D eigenvalue weighted by Gasteiger charge is -2.16. The number of amides is 1. The van der Waals surface area contributed by atoms with Crippen LogP contribution in [0.5, 0.6) is 0 Å². The molecular formula is C10H10ClF2NO3. The Kier molecular flexibility index (Phi) is 4.65. The van der Waals surface area contributed by atoms with Gasteiger partial charge in [-0.25, -0.2) is 4.79 Å². The summed E-state index contributed by atoms with van der Waals surface area (Å²) in [4.78, 5) is 11.0. The van der Waals surface area contributed by atoms with Crippen LogP contribution in [-0.2, 0) is 11.3 Å². The normalized spacial score (nSPS) is 12.9. The molecule has 7 heteroatoms. The molecule has 0 bridgehead atoms. The van der Waals surface area contributed by atoms with Gasteiger partial charge < -0.3 is 9.84 Å². The number of hydrogen-bond donors (Lipinski definition) is 2. The van der Waals surface area contributed by atoms with Gasteiger partial charge >= 0.3 is 11.5 Å². The van der Waals surface area contributed by atoms with Gasteiger partial charge in [0.1, 0.15) is 6.61 Å². The highest BCUT2D eigenvalue weighted by Crippen LogP contribution is 2.21. The van der Waals surface area contributed by atoms with E-state index in [1.54, 1.807) is 30.3 Å². The zero-order valence-electron chi connectivity index (χ0n) is 8.57. The highest BCUT2D eigenvalue weighted by molar-refractivity contribution is 6.22. The van der Waals surface area contributed by atoms with Crippen molar-refractivity contribution in [3.05, 3.63) is 35.9 Å². The smallest absolute Gasteiger partial charge is 0.409 e. The minimum Gasteiger partial charge on any atom is -0.445 e. The average Bonchev–Trinajstić information content (AvgIpc) is 2.26. The molecule has 4 nitrogen and oxygen atoms in total. The number of benzene rings is 1. The van der Waals surface area contributed by atoms with Crippen molar-refractivity contribution in [1.82, 2.24) is 5.32 Å². The number of halogens is 3. The maximum absolute atomic E-state index is 12.3. The highest BCUT2D eigenvalue weighted by Gasteiger charge is 2.37. The van der Waals surface area contributed by atoms with Crippen molar-refractivity contribution in [2.24, 2.45) is 0 Å². The lowest BCUT2D eigenvalue weighted by Crippen LogP contribution is -2.44. The SMILES string of the molecule is O=C(NC(O)C(F)(F)Cl)OCc1ccccc1. The number of aliphatic hydroxyl groups excluding tert-OH is 1. The molecule has 0 radical (unpaired) electrons. The molecule has 1 unspecified atom stereocenters. The Morgan fingerprint density at radius 2 is 2.06 bits per heavy atom. The van der Waals surface area contributed by atoms with Gasteiger partial charge in [0.2, 0.25) is 6.23 Å².